The molecule has 5 heteroatoms. The molecule has 19 heavy (non-hydrogen) atoms. The number of likely N-dealkylation sites (tertiary alicyclic amines) is 1. The first kappa shape index (κ1) is 16.7. The highest BCUT2D eigenvalue weighted by atomic mass is 35.5. The van der Waals surface area contributed by atoms with Crippen LogP contribution in [0.1, 0.15) is 38.5 Å². The van der Waals surface area contributed by atoms with E-state index in [0.29, 0.717) is 24.2 Å². The molecule has 0 bridgehead atoms. The van der Waals surface area contributed by atoms with Crippen LogP contribution in [0.15, 0.2) is 0 Å². The van der Waals surface area contributed by atoms with Gasteiger partial charge in [0, 0.05) is 32.7 Å². The second-order valence-electron chi connectivity index (χ2n) is 5.86. The van der Waals surface area contributed by atoms with Gasteiger partial charge in [-0.3, -0.25) is 4.79 Å². The summed E-state index contributed by atoms with van der Waals surface area (Å²) in [7, 11) is 1.73. The van der Waals surface area contributed by atoms with Crippen LogP contribution in [0.4, 0.5) is 0 Å². The Labute approximate surface area is 122 Å². The summed E-state index contributed by atoms with van der Waals surface area (Å²) in [6, 6.07) is 0.244. The molecule has 1 saturated carbocycles. The molecule has 0 radical (unpaired) electrons. The first-order chi connectivity index (χ1) is 8.70. The lowest BCUT2D eigenvalue weighted by Gasteiger charge is -2.33. The highest BCUT2D eigenvalue weighted by Crippen LogP contribution is 2.28. The van der Waals surface area contributed by atoms with E-state index in [1.54, 1.807) is 7.11 Å². The quantitative estimate of drug-likeness (QED) is 0.859. The van der Waals surface area contributed by atoms with Crippen LogP contribution in [0.3, 0.4) is 0 Å². The maximum absolute atomic E-state index is 12.3. The van der Waals surface area contributed by atoms with Crippen molar-refractivity contribution in [3.63, 3.8) is 0 Å². The molecule has 1 aliphatic carbocycles. The summed E-state index contributed by atoms with van der Waals surface area (Å²) in [4.78, 5) is 14.3. The Hall–Kier alpha value is -0.320. The summed E-state index contributed by atoms with van der Waals surface area (Å²) in [6.07, 6.45) is 6.34. The average Bonchev–Trinajstić information content (AvgIpc) is 2.76. The predicted octanol–water partition coefficient (Wildman–Crippen LogP) is 1.81. The highest BCUT2D eigenvalue weighted by molar-refractivity contribution is 5.85. The van der Waals surface area contributed by atoms with E-state index in [1.807, 2.05) is 4.90 Å². The second-order valence-corrected chi connectivity index (χ2v) is 5.86. The molecule has 2 fully saturated rings. The maximum atomic E-state index is 12.3. The fraction of sp³-hybridized carbons (Fsp3) is 0.929. The molecule has 1 heterocycles. The number of hydrogen-bond acceptors (Lipinski definition) is 3. The van der Waals surface area contributed by atoms with Crippen LogP contribution in [0.2, 0.25) is 0 Å². The van der Waals surface area contributed by atoms with Gasteiger partial charge in [0.05, 0.1) is 6.61 Å². The van der Waals surface area contributed by atoms with Gasteiger partial charge >= 0.3 is 0 Å². The van der Waals surface area contributed by atoms with Crippen molar-refractivity contribution in [2.45, 2.75) is 44.6 Å². The van der Waals surface area contributed by atoms with Crippen molar-refractivity contribution < 1.29 is 9.53 Å². The average molecular weight is 291 g/mol. The molecule has 0 aromatic rings. The van der Waals surface area contributed by atoms with E-state index in [2.05, 4.69) is 0 Å². The van der Waals surface area contributed by atoms with Crippen molar-refractivity contribution in [3.8, 4) is 0 Å². The number of hydrogen-bond donors (Lipinski definition) is 1. The van der Waals surface area contributed by atoms with Gasteiger partial charge in [-0.2, -0.15) is 0 Å². The van der Waals surface area contributed by atoms with Gasteiger partial charge in [-0.25, -0.2) is 0 Å². The Morgan fingerprint density at radius 1 is 1.32 bits per heavy atom. The predicted molar refractivity (Wildman–Crippen MR) is 78.4 cm³/mol. The van der Waals surface area contributed by atoms with Gasteiger partial charge < -0.3 is 15.4 Å². The second kappa shape index (κ2) is 8.08. The molecule has 1 aliphatic heterocycles. The molecule has 0 aromatic heterocycles. The first-order valence-corrected chi connectivity index (χ1v) is 7.23. The number of halogens is 1. The van der Waals surface area contributed by atoms with E-state index in [-0.39, 0.29) is 18.4 Å². The van der Waals surface area contributed by atoms with Gasteiger partial charge in [0.15, 0.2) is 0 Å². The number of piperidine rings is 1. The van der Waals surface area contributed by atoms with E-state index in [4.69, 9.17) is 10.5 Å². The third kappa shape index (κ3) is 4.62. The summed E-state index contributed by atoms with van der Waals surface area (Å²) in [5.41, 5.74) is 6.04. The minimum Gasteiger partial charge on any atom is -0.384 e. The number of nitrogens with two attached hydrogens (primary N) is 1. The van der Waals surface area contributed by atoms with Crippen molar-refractivity contribution in [1.29, 1.82) is 0 Å². The Morgan fingerprint density at radius 2 is 2.11 bits per heavy atom. The van der Waals surface area contributed by atoms with Crippen molar-refractivity contribution >= 4 is 18.3 Å². The number of rotatable bonds is 4. The van der Waals surface area contributed by atoms with E-state index in [0.717, 1.165) is 39.0 Å². The third-order valence-electron chi connectivity index (χ3n) is 4.43. The summed E-state index contributed by atoms with van der Waals surface area (Å²) in [5.74, 6) is 1.24. The Morgan fingerprint density at radius 3 is 2.74 bits per heavy atom. The van der Waals surface area contributed by atoms with Gasteiger partial charge in [0.1, 0.15) is 0 Å². The molecule has 0 aromatic carbocycles. The lowest BCUT2D eigenvalue weighted by atomic mass is 9.96. The number of amides is 1. The summed E-state index contributed by atoms with van der Waals surface area (Å²) in [6.45, 7) is 2.56. The third-order valence-corrected chi connectivity index (χ3v) is 4.43. The molecule has 2 N–H and O–H groups in total. The fourth-order valence-corrected chi connectivity index (χ4v) is 3.34. The van der Waals surface area contributed by atoms with Crippen molar-refractivity contribution in [2.75, 3.05) is 26.8 Å². The number of carbonyl (C=O) groups is 1. The molecule has 3 atom stereocenters. The lowest BCUT2D eigenvalue weighted by Crippen LogP contribution is -2.42. The zero-order valence-corrected chi connectivity index (χ0v) is 12.7. The van der Waals surface area contributed by atoms with Crippen molar-refractivity contribution in [3.05, 3.63) is 0 Å². The minimum absolute atomic E-state index is 0. The molecule has 2 aliphatic rings. The van der Waals surface area contributed by atoms with Crippen LogP contribution >= 0.6 is 12.4 Å². The SMILES string of the molecule is COCC1CCCN(C(=O)C[C@@H]2CCC[C@H]2N)C1.Cl. The van der Waals surface area contributed by atoms with Crippen molar-refractivity contribution in [2.24, 2.45) is 17.6 Å². The highest BCUT2D eigenvalue weighted by Gasteiger charge is 2.30. The molecule has 1 amide bonds. The van der Waals surface area contributed by atoms with Crippen LogP contribution in [0, 0.1) is 11.8 Å². The van der Waals surface area contributed by atoms with Crippen LogP contribution in [0.25, 0.3) is 0 Å². The molecule has 4 nitrogen and oxygen atoms in total. The topological polar surface area (TPSA) is 55.6 Å². The minimum atomic E-state index is 0. The number of ether oxygens (including phenoxy) is 1. The largest absolute Gasteiger partial charge is 0.384 e. The zero-order chi connectivity index (χ0) is 13.0. The fourth-order valence-electron chi connectivity index (χ4n) is 3.34. The van der Waals surface area contributed by atoms with E-state index in [1.165, 1.54) is 12.8 Å². The maximum Gasteiger partial charge on any atom is 0.222 e. The number of methoxy groups -OCH3 is 1. The Bertz CT molecular complexity index is 287. The number of carbonyl (C=O) groups excluding carboxylic acids is 1. The number of nitrogens with zero attached hydrogens (tertiary/aromatic N) is 1. The zero-order valence-electron chi connectivity index (χ0n) is 11.8. The monoisotopic (exact) mass is 290 g/mol. The molecular weight excluding hydrogens is 264 g/mol. The normalized spacial score (nSPS) is 31.1. The lowest BCUT2D eigenvalue weighted by molar-refractivity contribution is -0.134. The van der Waals surface area contributed by atoms with Gasteiger partial charge in [0.2, 0.25) is 5.91 Å². The van der Waals surface area contributed by atoms with E-state index in [9.17, 15) is 4.79 Å². The Kier molecular flexibility index (Phi) is 7.11. The van der Waals surface area contributed by atoms with E-state index < -0.39 is 0 Å². The standard InChI is InChI=1S/C14H26N2O2.ClH/c1-18-10-11-4-3-7-16(9-11)14(17)8-12-5-2-6-13(12)15;/h11-13H,2-10,15H2,1H3;1H/t11?,12-,13+;/m0./s1. The van der Waals surface area contributed by atoms with Crippen LogP contribution in [-0.2, 0) is 9.53 Å². The van der Waals surface area contributed by atoms with Gasteiger partial charge in [-0.1, -0.05) is 6.42 Å². The summed E-state index contributed by atoms with van der Waals surface area (Å²) in [5, 5.41) is 0. The smallest absolute Gasteiger partial charge is 0.222 e. The summed E-state index contributed by atoms with van der Waals surface area (Å²) >= 11 is 0. The molecule has 112 valence electrons. The van der Waals surface area contributed by atoms with Crippen molar-refractivity contribution in [1.82, 2.24) is 4.90 Å². The Balaban J connectivity index is 0.00000180. The van der Waals surface area contributed by atoms with Gasteiger partial charge in [0.25, 0.3) is 0 Å². The van der Waals surface area contributed by atoms with E-state index >= 15 is 0 Å². The van der Waals surface area contributed by atoms with Gasteiger partial charge in [-0.05, 0) is 37.5 Å². The molecular formula is C14H27ClN2O2. The van der Waals surface area contributed by atoms with Crippen LogP contribution in [0.5, 0.6) is 0 Å². The molecule has 1 saturated heterocycles. The molecule has 1 unspecified atom stereocenters. The summed E-state index contributed by atoms with van der Waals surface area (Å²) < 4.78 is 5.20. The van der Waals surface area contributed by atoms with Crippen LogP contribution < -0.4 is 5.73 Å². The first-order valence-electron chi connectivity index (χ1n) is 7.23. The van der Waals surface area contributed by atoms with Crippen LogP contribution in [-0.4, -0.2) is 43.7 Å². The molecule has 0 spiro atoms. The van der Waals surface area contributed by atoms with Gasteiger partial charge in [-0.15, -0.1) is 12.4 Å². The molecule has 2 rings (SSSR count).